The summed E-state index contributed by atoms with van der Waals surface area (Å²) in [6, 6.07) is 15.8. The van der Waals surface area contributed by atoms with E-state index in [9.17, 15) is 5.21 Å². The van der Waals surface area contributed by atoms with Crippen molar-refractivity contribution in [3.05, 3.63) is 80.0 Å². The molecule has 0 amide bonds. The number of hydrogen-bond donors (Lipinski definition) is 2. The number of nitrogens with one attached hydrogen (secondary N) is 1. The minimum atomic E-state index is 0.495. The molecule has 25 heavy (non-hydrogen) atoms. The summed E-state index contributed by atoms with van der Waals surface area (Å²) in [7, 11) is 0. The van der Waals surface area contributed by atoms with Crippen LogP contribution in [0.2, 0.25) is 5.02 Å². The Morgan fingerprint density at radius 1 is 1.04 bits per heavy atom. The van der Waals surface area contributed by atoms with Gasteiger partial charge >= 0.3 is 0 Å². The molecule has 3 rings (SSSR count). The lowest BCUT2D eigenvalue weighted by Crippen LogP contribution is -2.05. The molecule has 0 unspecified atom stereocenters. The number of para-hydroxylation sites is 1. The Bertz CT molecular complexity index is 947. The minimum Gasteiger partial charge on any atom is -0.410 e. The van der Waals surface area contributed by atoms with E-state index in [0.29, 0.717) is 16.3 Å². The first-order valence-corrected chi connectivity index (χ1v) is 9.11. The summed E-state index contributed by atoms with van der Waals surface area (Å²) in [5, 5.41) is 17.0. The third-order valence-electron chi connectivity index (χ3n) is 4.04. The molecule has 2 N–H and O–H groups in total. The van der Waals surface area contributed by atoms with Crippen LogP contribution in [-0.2, 0) is 0 Å². The molecule has 0 atom stereocenters. The predicted molar refractivity (Wildman–Crippen MR) is 107 cm³/mol. The van der Waals surface area contributed by atoms with Crippen LogP contribution in [0.4, 0.5) is 11.4 Å². The predicted octanol–water partition coefficient (Wildman–Crippen LogP) is 6.30. The lowest BCUT2D eigenvalue weighted by molar-refractivity contribution is 0.319. The average Bonchev–Trinajstić information content (AvgIpc) is 2.91. The standard InChI is InChI=1S/C20H19ClN2OS/c1-12-6-4-5-7-19(12)22-15-8-9-16(18(21)11-15)20(23-24)17-10-13(2)25-14(17)3/h4-11,22,24H,1-3H3. The molecule has 0 aliphatic carbocycles. The van der Waals surface area contributed by atoms with Gasteiger partial charge in [-0.3, -0.25) is 0 Å². The van der Waals surface area contributed by atoms with Crippen LogP contribution in [-0.4, -0.2) is 10.9 Å². The maximum Gasteiger partial charge on any atom is 0.119 e. The zero-order chi connectivity index (χ0) is 18.0. The maximum atomic E-state index is 9.55. The molecular formula is C20H19ClN2OS. The Labute approximate surface area is 156 Å². The van der Waals surface area contributed by atoms with Gasteiger partial charge in [0.2, 0.25) is 0 Å². The Hall–Kier alpha value is -2.30. The van der Waals surface area contributed by atoms with E-state index in [0.717, 1.165) is 27.4 Å². The molecule has 3 aromatic rings. The Morgan fingerprint density at radius 3 is 2.40 bits per heavy atom. The summed E-state index contributed by atoms with van der Waals surface area (Å²) >= 11 is 8.16. The molecule has 0 bridgehead atoms. The zero-order valence-corrected chi connectivity index (χ0v) is 15.9. The molecular weight excluding hydrogens is 352 g/mol. The molecule has 0 fully saturated rings. The second kappa shape index (κ2) is 7.30. The fourth-order valence-electron chi connectivity index (χ4n) is 2.77. The van der Waals surface area contributed by atoms with Crippen LogP contribution in [0.3, 0.4) is 0 Å². The molecule has 0 aliphatic heterocycles. The molecule has 2 aromatic carbocycles. The van der Waals surface area contributed by atoms with E-state index in [-0.39, 0.29) is 0 Å². The Morgan fingerprint density at radius 2 is 1.80 bits per heavy atom. The van der Waals surface area contributed by atoms with Gasteiger partial charge in [-0.15, -0.1) is 11.3 Å². The molecule has 0 saturated carbocycles. The van der Waals surface area contributed by atoms with Gasteiger partial charge in [-0.1, -0.05) is 35.0 Å². The van der Waals surface area contributed by atoms with Crippen LogP contribution >= 0.6 is 22.9 Å². The third kappa shape index (κ3) is 3.70. The van der Waals surface area contributed by atoms with Crippen molar-refractivity contribution in [3.63, 3.8) is 0 Å². The number of nitrogens with zero attached hydrogens (tertiary/aromatic N) is 1. The first-order valence-electron chi connectivity index (χ1n) is 7.91. The molecule has 3 nitrogen and oxygen atoms in total. The van der Waals surface area contributed by atoms with Gasteiger partial charge in [0.15, 0.2) is 0 Å². The summed E-state index contributed by atoms with van der Waals surface area (Å²) in [5.41, 5.74) is 5.19. The van der Waals surface area contributed by atoms with Gasteiger partial charge in [0.25, 0.3) is 0 Å². The van der Waals surface area contributed by atoms with Crippen molar-refractivity contribution in [1.82, 2.24) is 0 Å². The monoisotopic (exact) mass is 370 g/mol. The Kier molecular flexibility index (Phi) is 5.11. The van der Waals surface area contributed by atoms with Gasteiger partial charge in [-0.05, 0) is 56.7 Å². The highest BCUT2D eigenvalue weighted by molar-refractivity contribution is 7.12. The van der Waals surface area contributed by atoms with Crippen molar-refractivity contribution in [2.45, 2.75) is 20.8 Å². The van der Waals surface area contributed by atoms with Crippen molar-refractivity contribution in [3.8, 4) is 0 Å². The number of rotatable bonds is 4. The van der Waals surface area contributed by atoms with E-state index in [2.05, 4.69) is 23.5 Å². The van der Waals surface area contributed by atoms with Crippen molar-refractivity contribution in [1.29, 1.82) is 0 Å². The second-order valence-corrected chi connectivity index (χ2v) is 7.78. The van der Waals surface area contributed by atoms with Gasteiger partial charge in [-0.25, -0.2) is 0 Å². The summed E-state index contributed by atoms with van der Waals surface area (Å²) in [5.74, 6) is 0. The number of hydrogen-bond acceptors (Lipinski definition) is 4. The Balaban J connectivity index is 1.94. The molecule has 128 valence electrons. The summed E-state index contributed by atoms with van der Waals surface area (Å²) in [6.45, 7) is 6.10. The number of oxime groups is 1. The van der Waals surface area contributed by atoms with Crippen molar-refractivity contribution in [2.75, 3.05) is 5.32 Å². The van der Waals surface area contributed by atoms with Gasteiger partial charge in [0.05, 0.1) is 5.02 Å². The van der Waals surface area contributed by atoms with E-state index < -0.39 is 0 Å². The molecule has 0 radical (unpaired) electrons. The maximum absolute atomic E-state index is 9.55. The number of halogens is 1. The van der Waals surface area contributed by atoms with Crippen LogP contribution in [0.15, 0.2) is 53.7 Å². The van der Waals surface area contributed by atoms with E-state index in [1.165, 1.54) is 4.88 Å². The van der Waals surface area contributed by atoms with Crippen molar-refractivity contribution in [2.24, 2.45) is 5.16 Å². The highest BCUT2D eigenvalue weighted by Crippen LogP contribution is 2.30. The molecule has 1 heterocycles. The minimum absolute atomic E-state index is 0.495. The molecule has 1 aromatic heterocycles. The largest absolute Gasteiger partial charge is 0.410 e. The van der Waals surface area contributed by atoms with E-state index >= 15 is 0 Å². The zero-order valence-electron chi connectivity index (χ0n) is 14.3. The highest BCUT2D eigenvalue weighted by Gasteiger charge is 2.16. The topological polar surface area (TPSA) is 44.6 Å². The lowest BCUT2D eigenvalue weighted by Gasteiger charge is -2.12. The third-order valence-corrected chi connectivity index (χ3v) is 5.32. The molecule has 5 heteroatoms. The normalized spacial score (nSPS) is 11.6. The summed E-state index contributed by atoms with van der Waals surface area (Å²) in [4.78, 5) is 2.27. The first-order chi connectivity index (χ1) is 12.0. The van der Waals surface area contributed by atoms with Crippen molar-refractivity contribution < 1.29 is 5.21 Å². The van der Waals surface area contributed by atoms with Crippen LogP contribution in [0.5, 0.6) is 0 Å². The quantitative estimate of drug-likeness (QED) is 0.321. The van der Waals surface area contributed by atoms with E-state index in [4.69, 9.17) is 11.6 Å². The van der Waals surface area contributed by atoms with Crippen LogP contribution in [0.1, 0.15) is 26.4 Å². The first kappa shape index (κ1) is 17.5. The summed E-state index contributed by atoms with van der Waals surface area (Å²) in [6.07, 6.45) is 0. The number of aryl methyl sites for hydroxylation is 3. The number of benzene rings is 2. The second-order valence-electron chi connectivity index (χ2n) is 5.91. The average molecular weight is 371 g/mol. The highest BCUT2D eigenvalue weighted by atomic mass is 35.5. The van der Waals surface area contributed by atoms with E-state index in [1.807, 2.05) is 56.3 Å². The van der Waals surface area contributed by atoms with Gasteiger partial charge in [0, 0.05) is 32.3 Å². The summed E-state index contributed by atoms with van der Waals surface area (Å²) < 4.78 is 0. The van der Waals surface area contributed by atoms with Crippen LogP contribution in [0, 0.1) is 20.8 Å². The SMILES string of the molecule is Cc1cc(C(=NO)c2ccc(Nc3ccccc3C)cc2Cl)c(C)s1. The van der Waals surface area contributed by atoms with Gasteiger partial charge in [0.1, 0.15) is 5.71 Å². The van der Waals surface area contributed by atoms with Crippen molar-refractivity contribution >= 4 is 40.0 Å². The van der Waals surface area contributed by atoms with Gasteiger partial charge < -0.3 is 10.5 Å². The van der Waals surface area contributed by atoms with Crippen LogP contribution < -0.4 is 5.32 Å². The van der Waals surface area contributed by atoms with E-state index in [1.54, 1.807) is 11.3 Å². The molecule has 0 saturated heterocycles. The van der Waals surface area contributed by atoms with Gasteiger partial charge in [-0.2, -0.15) is 0 Å². The smallest absolute Gasteiger partial charge is 0.119 e. The lowest BCUT2D eigenvalue weighted by atomic mass is 10.0. The number of anilines is 2. The fourth-order valence-corrected chi connectivity index (χ4v) is 3.97. The molecule has 0 aliphatic rings. The fraction of sp³-hybridized carbons (Fsp3) is 0.150. The van der Waals surface area contributed by atoms with Crippen LogP contribution in [0.25, 0.3) is 0 Å². The number of thiophene rings is 1. The molecule has 0 spiro atoms.